The standard InChI is InChI=1S/C10H13N3O/c1-11-9-4-7-8(5-12-9)14-6-10(13-7)2-3-10/h4-5,13H,2-3,6H2,1H3,(H,11,12). The predicted molar refractivity (Wildman–Crippen MR) is 54.9 cm³/mol. The third kappa shape index (κ3) is 1.10. The number of fused-ring (bicyclic) bond motifs is 1. The summed E-state index contributed by atoms with van der Waals surface area (Å²) in [7, 11) is 1.87. The number of nitrogens with zero attached hydrogens (tertiary/aromatic N) is 1. The van der Waals surface area contributed by atoms with Crippen LogP contribution in [-0.4, -0.2) is 24.2 Å². The van der Waals surface area contributed by atoms with Crippen LogP contribution in [0.2, 0.25) is 0 Å². The van der Waals surface area contributed by atoms with Gasteiger partial charge in [-0.2, -0.15) is 0 Å². The van der Waals surface area contributed by atoms with Crippen molar-refractivity contribution in [1.29, 1.82) is 0 Å². The number of hydrogen-bond donors (Lipinski definition) is 2. The van der Waals surface area contributed by atoms with Crippen molar-refractivity contribution < 1.29 is 4.74 Å². The minimum absolute atomic E-state index is 0.235. The van der Waals surface area contributed by atoms with Gasteiger partial charge in [-0.3, -0.25) is 0 Å². The van der Waals surface area contributed by atoms with Crippen LogP contribution in [0.3, 0.4) is 0 Å². The summed E-state index contributed by atoms with van der Waals surface area (Å²) in [5.74, 6) is 1.74. The van der Waals surface area contributed by atoms with Crippen LogP contribution in [0, 0.1) is 0 Å². The van der Waals surface area contributed by atoms with Gasteiger partial charge in [0.2, 0.25) is 0 Å². The molecule has 0 unspecified atom stereocenters. The van der Waals surface area contributed by atoms with Gasteiger partial charge in [-0.05, 0) is 12.8 Å². The summed E-state index contributed by atoms with van der Waals surface area (Å²) in [6.45, 7) is 0.778. The Kier molecular flexibility index (Phi) is 1.43. The maximum Gasteiger partial charge on any atom is 0.160 e. The molecule has 0 atom stereocenters. The highest BCUT2D eigenvalue weighted by atomic mass is 16.5. The van der Waals surface area contributed by atoms with E-state index in [4.69, 9.17) is 4.74 Å². The summed E-state index contributed by atoms with van der Waals surface area (Å²) >= 11 is 0. The normalized spacial score (nSPS) is 20.6. The molecular formula is C10H13N3O. The lowest BCUT2D eigenvalue weighted by Crippen LogP contribution is -2.33. The van der Waals surface area contributed by atoms with Crippen LogP contribution in [0.4, 0.5) is 11.5 Å². The fourth-order valence-electron chi connectivity index (χ4n) is 1.75. The largest absolute Gasteiger partial charge is 0.487 e. The number of anilines is 2. The van der Waals surface area contributed by atoms with Crippen LogP contribution >= 0.6 is 0 Å². The first-order valence-corrected chi connectivity index (χ1v) is 4.90. The van der Waals surface area contributed by atoms with E-state index in [0.717, 1.165) is 23.9 Å². The summed E-state index contributed by atoms with van der Waals surface area (Å²) in [4.78, 5) is 4.20. The molecule has 2 N–H and O–H groups in total. The zero-order valence-electron chi connectivity index (χ0n) is 8.13. The summed E-state index contributed by atoms with van der Waals surface area (Å²) in [5, 5.41) is 6.54. The van der Waals surface area contributed by atoms with E-state index >= 15 is 0 Å². The number of nitrogens with one attached hydrogen (secondary N) is 2. The van der Waals surface area contributed by atoms with Crippen molar-refractivity contribution >= 4 is 11.5 Å². The molecule has 74 valence electrons. The molecule has 14 heavy (non-hydrogen) atoms. The van der Waals surface area contributed by atoms with Gasteiger partial charge in [0.05, 0.1) is 17.4 Å². The van der Waals surface area contributed by atoms with Crippen molar-refractivity contribution in [1.82, 2.24) is 4.98 Å². The van der Waals surface area contributed by atoms with Crippen molar-refractivity contribution in [3.63, 3.8) is 0 Å². The number of aromatic nitrogens is 1. The number of rotatable bonds is 1. The highest BCUT2D eigenvalue weighted by molar-refractivity contribution is 5.64. The summed E-state index contributed by atoms with van der Waals surface area (Å²) < 4.78 is 5.65. The molecule has 1 aliphatic carbocycles. The van der Waals surface area contributed by atoms with E-state index in [-0.39, 0.29) is 5.54 Å². The Morgan fingerprint density at radius 2 is 2.43 bits per heavy atom. The smallest absolute Gasteiger partial charge is 0.160 e. The molecule has 3 rings (SSSR count). The van der Waals surface area contributed by atoms with Gasteiger partial charge in [0.15, 0.2) is 5.75 Å². The lowest BCUT2D eigenvalue weighted by atomic mass is 10.2. The highest BCUT2D eigenvalue weighted by Crippen LogP contribution is 2.45. The van der Waals surface area contributed by atoms with Gasteiger partial charge in [0.25, 0.3) is 0 Å². The van der Waals surface area contributed by atoms with E-state index in [1.807, 2.05) is 13.1 Å². The minimum atomic E-state index is 0.235. The fraction of sp³-hybridized carbons (Fsp3) is 0.500. The van der Waals surface area contributed by atoms with Crippen molar-refractivity contribution in [3.8, 4) is 5.75 Å². The van der Waals surface area contributed by atoms with Gasteiger partial charge in [-0.25, -0.2) is 4.98 Å². The molecule has 2 aliphatic rings. The van der Waals surface area contributed by atoms with Gasteiger partial charge < -0.3 is 15.4 Å². The summed E-state index contributed by atoms with van der Waals surface area (Å²) in [6.07, 6.45) is 4.19. The molecule has 0 aromatic carbocycles. The number of ether oxygens (including phenoxy) is 1. The van der Waals surface area contributed by atoms with E-state index in [1.165, 1.54) is 12.8 Å². The molecule has 1 aromatic heterocycles. The average molecular weight is 191 g/mol. The molecule has 4 nitrogen and oxygen atoms in total. The molecule has 2 heterocycles. The van der Waals surface area contributed by atoms with Crippen molar-refractivity contribution in [3.05, 3.63) is 12.3 Å². The number of pyridine rings is 1. The van der Waals surface area contributed by atoms with Crippen LogP contribution in [0.5, 0.6) is 5.75 Å². The molecule has 1 saturated carbocycles. The Labute approximate surface area is 82.7 Å². The maximum absolute atomic E-state index is 5.65. The molecule has 1 spiro atoms. The third-order valence-corrected chi connectivity index (χ3v) is 2.88. The Balaban J connectivity index is 1.97. The molecule has 4 heteroatoms. The first-order chi connectivity index (χ1) is 6.81. The second-order valence-corrected chi connectivity index (χ2v) is 4.01. The van der Waals surface area contributed by atoms with Gasteiger partial charge in [-0.15, -0.1) is 0 Å². The molecule has 0 bridgehead atoms. The van der Waals surface area contributed by atoms with Crippen molar-refractivity contribution in [2.24, 2.45) is 0 Å². The van der Waals surface area contributed by atoms with Crippen LogP contribution < -0.4 is 15.4 Å². The van der Waals surface area contributed by atoms with E-state index in [1.54, 1.807) is 6.20 Å². The average Bonchev–Trinajstić information content (AvgIpc) is 2.97. The second kappa shape index (κ2) is 2.53. The molecule has 0 amide bonds. The lowest BCUT2D eigenvalue weighted by Gasteiger charge is -2.27. The van der Waals surface area contributed by atoms with E-state index in [0.29, 0.717) is 0 Å². The molecule has 0 saturated heterocycles. The van der Waals surface area contributed by atoms with E-state index in [9.17, 15) is 0 Å². The molecule has 1 aromatic rings. The van der Waals surface area contributed by atoms with Crippen molar-refractivity contribution in [2.75, 3.05) is 24.3 Å². The Morgan fingerprint density at radius 1 is 1.57 bits per heavy atom. The summed E-state index contributed by atoms with van der Waals surface area (Å²) in [6, 6.07) is 1.99. The topological polar surface area (TPSA) is 46.2 Å². The predicted octanol–water partition coefficient (Wildman–Crippen LogP) is 1.46. The molecule has 1 fully saturated rings. The zero-order valence-corrected chi connectivity index (χ0v) is 8.13. The van der Waals surface area contributed by atoms with E-state index < -0.39 is 0 Å². The summed E-state index contributed by atoms with van der Waals surface area (Å²) in [5.41, 5.74) is 1.30. The van der Waals surface area contributed by atoms with Crippen LogP contribution in [0.15, 0.2) is 12.3 Å². The molecular weight excluding hydrogens is 178 g/mol. The quantitative estimate of drug-likeness (QED) is 0.705. The van der Waals surface area contributed by atoms with E-state index in [2.05, 4.69) is 15.6 Å². The minimum Gasteiger partial charge on any atom is -0.487 e. The van der Waals surface area contributed by atoms with Gasteiger partial charge >= 0.3 is 0 Å². The maximum atomic E-state index is 5.65. The van der Waals surface area contributed by atoms with Gasteiger partial charge in [-0.1, -0.05) is 0 Å². The second-order valence-electron chi connectivity index (χ2n) is 4.01. The molecule has 0 radical (unpaired) electrons. The molecule has 1 aliphatic heterocycles. The Hall–Kier alpha value is -1.45. The fourth-order valence-corrected chi connectivity index (χ4v) is 1.75. The van der Waals surface area contributed by atoms with Gasteiger partial charge in [0, 0.05) is 13.1 Å². The van der Waals surface area contributed by atoms with Crippen LogP contribution in [0.1, 0.15) is 12.8 Å². The SMILES string of the molecule is CNc1cc2c(cn1)OCC1(CC1)N2. The lowest BCUT2D eigenvalue weighted by molar-refractivity contribution is 0.275. The first kappa shape index (κ1) is 7.91. The van der Waals surface area contributed by atoms with Crippen LogP contribution in [-0.2, 0) is 0 Å². The van der Waals surface area contributed by atoms with Crippen LogP contribution in [0.25, 0.3) is 0 Å². The monoisotopic (exact) mass is 191 g/mol. The third-order valence-electron chi connectivity index (χ3n) is 2.88. The Morgan fingerprint density at radius 3 is 3.14 bits per heavy atom. The van der Waals surface area contributed by atoms with Crippen molar-refractivity contribution in [2.45, 2.75) is 18.4 Å². The first-order valence-electron chi connectivity index (χ1n) is 4.90. The van der Waals surface area contributed by atoms with Gasteiger partial charge in [0.1, 0.15) is 12.4 Å². The highest BCUT2D eigenvalue weighted by Gasteiger charge is 2.46. The Bertz CT molecular complexity index is 374. The zero-order chi connectivity index (χ0) is 9.60. The number of hydrogen-bond acceptors (Lipinski definition) is 4.